The summed E-state index contributed by atoms with van der Waals surface area (Å²) < 4.78 is 0. The van der Waals surface area contributed by atoms with E-state index in [-0.39, 0.29) is 0 Å². The van der Waals surface area contributed by atoms with Crippen LogP contribution in [0.3, 0.4) is 0 Å². The summed E-state index contributed by atoms with van der Waals surface area (Å²) in [6.45, 7) is -0.737. The summed E-state index contributed by atoms with van der Waals surface area (Å²) in [6.07, 6.45) is 1.49. The van der Waals surface area contributed by atoms with Gasteiger partial charge in [0.05, 0.1) is 19.3 Å². The Morgan fingerprint density at radius 3 is 2.25 bits per heavy atom. The van der Waals surface area contributed by atoms with Crippen LogP contribution in [0, 0.1) is 0 Å². The van der Waals surface area contributed by atoms with Crippen LogP contribution in [0.5, 0.6) is 0 Å². The third kappa shape index (κ3) is 4.44. The third-order valence-corrected chi connectivity index (χ3v) is 2.99. The predicted molar refractivity (Wildman–Crippen MR) is 66.7 cm³/mol. The SMILES string of the molecule is O=C(O)C(CO)NC(=O)C(CO)NC(=O)C1CCCN1. The number of hydrogen-bond acceptors (Lipinski definition) is 6. The predicted octanol–water partition coefficient (Wildman–Crippen LogP) is -3.22. The first-order valence-electron chi connectivity index (χ1n) is 6.28. The fraction of sp³-hybridized carbons (Fsp3) is 0.727. The number of aliphatic hydroxyl groups is 2. The van der Waals surface area contributed by atoms with Crippen LogP contribution in [0.25, 0.3) is 0 Å². The van der Waals surface area contributed by atoms with Crippen molar-refractivity contribution in [1.82, 2.24) is 16.0 Å². The molecular formula is C11H19N3O6. The number of hydrogen-bond donors (Lipinski definition) is 6. The van der Waals surface area contributed by atoms with Crippen molar-refractivity contribution in [2.45, 2.75) is 31.0 Å². The highest BCUT2D eigenvalue weighted by atomic mass is 16.4. The van der Waals surface area contributed by atoms with Gasteiger partial charge in [0.2, 0.25) is 11.8 Å². The summed E-state index contributed by atoms with van der Waals surface area (Å²) in [5, 5.41) is 33.9. The van der Waals surface area contributed by atoms with Gasteiger partial charge in [0.1, 0.15) is 12.1 Å². The number of carbonyl (C=O) groups excluding carboxylic acids is 2. The van der Waals surface area contributed by atoms with E-state index in [0.29, 0.717) is 13.0 Å². The fourth-order valence-electron chi connectivity index (χ4n) is 1.83. The number of aliphatic carboxylic acids is 1. The van der Waals surface area contributed by atoms with Crippen molar-refractivity contribution in [3.63, 3.8) is 0 Å². The average molecular weight is 289 g/mol. The van der Waals surface area contributed by atoms with Crippen LogP contribution >= 0.6 is 0 Å². The molecule has 0 bridgehead atoms. The number of rotatable bonds is 7. The molecule has 1 heterocycles. The Bertz CT molecular complexity index is 369. The summed E-state index contributed by atoms with van der Waals surface area (Å²) >= 11 is 0. The summed E-state index contributed by atoms with van der Waals surface area (Å²) in [4.78, 5) is 34.2. The van der Waals surface area contributed by atoms with Crippen LogP contribution in [0.2, 0.25) is 0 Å². The fourth-order valence-corrected chi connectivity index (χ4v) is 1.83. The van der Waals surface area contributed by atoms with Crippen LogP contribution in [0.4, 0.5) is 0 Å². The van der Waals surface area contributed by atoms with Gasteiger partial charge in [-0.3, -0.25) is 9.59 Å². The first kappa shape index (κ1) is 16.3. The van der Waals surface area contributed by atoms with E-state index in [1.54, 1.807) is 0 Å². The molecule has 1 aliphatic heterocycles. The lowest BCUT2D eigenvalue weighted by atomic mass is 10.2. The molecule has 6 N–H and O–H groups in total. The van der Waals surface area contributed by atoms with E-state index in [1.807, 2.05) is 5.32 Å². The van der Waals surface area contributed by atoms with Gasteiger partial charge in [-0.25, -0.2) is 4.79 Å². The Hall–Kier alpha value is -1.71. The standard InChI is InChI=1S/C11H19N3O6/c15-4-7(10(18)14-8(5-16)11(19)20)13-9(17)6-2-1-3-12-6/h6-8,12,15-16H,1-5H2,(H,13,17)(H,14,18)(H,19,20). The lowest BCUT2D eigenvalue weighted by molar-refractivity contribution is -0.143. The zero-order valence-corrected chi connectivity index (χ0v) is 10.8. The topological polar surface area (TPSA) is 148 Å². The molecule has 0 saturated carbocycles. The highest BCUT2D eigenvalue weighted by Crippen LogP contribution is 2.05. The molecule has 3 atom stereocenters. The van der Waals surface area contributed by atoms with Gasteiger partial charge >= 0.3 is 5.97 Å². The van der Waals surface area contributed by atoms with Crippen LogP contribution in [0.15, 0.2) is 0 Å². The van der Waals surface area contributed by atoms with Gasteiger partial charge in [-0.2, -0.15) is 0 Å². The Kier molecular flexibility index (Phi) is 6.36. The van der Waals surface area contributed by atoms with Gasteiger partial charge in [0.15, 0.2) is 0 Å². The third-order valence-electron chi connectivity index (χ3n) is 2.99. The molecule has 1 saturated heterocycles. The minimum atomic E-state index is -1.47. The lowest BCUT2D eigenvalue weighted by Crippen LogP contribution is -2.56. The smallest absolute Gasteiger partial charge is 0.328 e. The lowest BCUT2D eigenvalue weighted by Gasteiger charge is -2.20. The number of amides is 2. The van der Waals surface area contributed by atoms with Crippen molar-refractivity contribution in [3.8, 4) is 0 Å². The van der Waals surface area contributed by atoms with Crippen molar-refractivity contribution in [2.24, 2.45) is 0 Å². The van der Waals surface area contributed by atoms with E-state index in [9.17, 15) is 14.4 Å². The van der Waals surface area contributed by atoms with Gasteiger partial charge in [0.25, 0.3) is 0 Å². The van der Waals surface area contributed by atoms with Crippen molar-refractivity contribution in [1.29, 1.82) is 0 Å². The Morgan fingerprint density at radius 2 is 1.80 bits per heavy atom. The maximum absolute atomic E-state index is 11.8. The average Bonchev–Trinajstić information content (AvgIpc) is 2.95. The normalized spacial score (nSPS) is 21.0. The molecule has 2 amide bonds. The summed E-state index contributed by atoms with van der Waals surface area (Å²) in [6, 6.07) is -3.14. The molecule has 1 fully saturated rings. The largest absolute Gasteiger partial charge is 0.480 e. The molecule has 3 unspecified atom stereocenters. The zero-order valence-electron chi connectivity index (χ0n) is 10.8. The molecule has 9 nitrogen and oxygen atoms in total. The molecule has 1 rings (SSSR count). The maximum atomic E-state index is 11.8. The monoisotopic (exact) mass is 289 g/mol. The highest BCUT2D eigenvalue weighted by molar-refractivity contribution is 5.92. The van der Waals surface area contributed by atoms with E-state index >= 15 is 0 Å². The number of nitrogens with one attached hydrogen (secondary N) is 3. The summed E-state index contributed by atoms with van der Waals surface area (Å²) in [5.41, 5.74) is 0. The van der Waals surface area contributed by atoms with Gasteiger partial charge in [-0.15, -0.1) is 0 Å². The Balaban J connectivity index is 2.53. The van der Waals surface area contributed by atoms with E-state index < -0.39 is 49.1 Å². The zero-order chi connectivity index (χ0) is 15.1. The van der Waals surface area contributed by atoms with Crippen molar-refractivity contribution >= 4 is 17.8 Å². The second kappa shape index (κ2) is 7.78. The van der Waals surface area contributed by atoms with E-state index in [1.165, 1.54) is 0 Å². The highest BCUT2D eigenvalue weighted by Gasteiger charge is 2.29. The first-order valence-corrected chi connectivity index (χ1v) is 6.28. The molecule has 114 valence electrons. The van der Waals surface area contributed by atoms with Gasteiger partial charge < -0.3 is 31.3 Å². The molecule has 0 aromatic heterocycles. The van der Waals surface area contributed by atoms with Crippen molar-refractivity contribution in [2.75, 3.05) is 19.8 Å². The molecular weight excluding hydrogens is 270 g/mol. The summed E-state index contributed by atoms with van der Waals surface area (Å²) in [7, 11) is 0. The molecule has 0 aromatic carbocycles. The van der Waals surface area contributed by atoms with Crippen molar-refractivity contribution in [3.05, 3.63) is 0 Å². The van der Waals surface area contributed by atoms with E-state index in [4.69, 9.17) is 15.3 Å². The van der Waals surface area contributed by atoms with E-state index in [0.717, 1.165) is 6.42 Å². The van der Waals surface area contributed by atoms with Crippen LogP contribution < -0.4 is 16.0 Å². The Morgan fingerprint density at radius 1 is 1.15 bits per heavy atom. The molecule has 1 aliphatic rings. The molecule has 0 aromatic rings. The van der Waals surface area contributed by atoms with Gasteiger partial charge in [-0.05, 0) is 19.4 Å². The van der Waals surface area contributed by atoms with Crippen LogP contribution in [0.1, 0.15) is 12.8 Å². The number of aliphatic hydroxyl groups excluding tert-OH is 2. The number of carboxylic acid groups (broad SMARTS) is 1. The van der Waals surface area contributed by atoms with E-state index in [2.05, 4.69) is 10.6 Å². The second-order valence-electron chi connectivity index (χ2n) is 4.47. The van der Waals surface area contributed by atoms with Gasteiger partial charge in [0, 0.05) is 0 Å². The maximum Gasteiger partial charge on any atom is 0.328 e. The summed E-state index contributed by atoms with van der Waals surface area (Å²) in [5.74, 6) is -2.69. The minimum absolute atomic E-state index is 0.412. The van der Waals surface area contributed by atoms with Crippen molar-refractivity contribution < 1.29 is 29.7 Å². The number of carbonyl (C=O) groups is 3. The molecule has 0 radical (unpaired) electrons. The Labute approximate surface area is 115 Å². The van der Waals surface area contributed by atoms with Crippen LogP contribution in [-0.4, -0.2) is 71.0 Å². The molecule has 0 aliphatic carbocycles. The minimum Gasteiger partial charge on any atom is -0.480 e. The molecule has 20 heavy (non-hydrogen) atoms. The first-order chi connectivity index (χ1) is 9.49. The van der Waals surface area contributed by atoms with Crippen LogP contribution in [-0.2, 0) is 14.4 Å². The second-order valence-corrected chi connectivity index (χ2v) is 4.47. The number of carboxylic acids is 1. The molecule has 9 heteroatoms. The molecule has 0 spiro atoms. The quantitative estimate of drug-likeness (QED) is 0.289. The van der Waals surface area contributed by atoms with Gasteiger partial charge in [-0.1, -0.05) is 0 Å².